The Hall–Kier alpha value is -1.61. The number of aromatic nitrogens is 2. The van der Waals surface area contributed by atoms with Crippen LogP contribution in [0.3, 0.4) is 0 Å². The highest BCUT2D eigenvalue weighted by atomic mass is 15.1. The quantitative estimate of drug-likeness (QED) is 0.834. The summed E-state index contributed by atoms with van der Waals surface area (Å²) in [7, 11) is 0. The van der Waals surface area contributed by atoms with Crippen LogP contribution in [-0.2, 0) is 19.5 Å². The molecule has 0 aliphatic rings. The van der Waals surface area contributed by atoms with E-state index < -0.39 is 0 Å². The number of nitrogens with zero attached hydrogens (tertiary/aromatic N) is 1. The van der Waals surface area contributed by atoms with Crippen LogP contribution in [-0.4, -0.2) is 10.2 Å². The van der Waals surface area contributed by atoms with E-state index >= 15 is 0 Å². The van der Waals surface area contributed by atoms with Gasteiger partial charge in [0.15, 0.2) is 0 Å². The van der Waals surface area contributed by atoms with Crippen LogP contribution in [0.5, 0.6) is 0 Å². The van der Waals surface area contributed by atoms with E-state index in [2.05, 4.69) is 53.6 Å². The van der Waals surface area contributed by atoms with E-state index in [0.29, 0.717) is 5.92 Å². The lowest BCUT2D eigenvalue weighted by atomic mass is 10.0. The Balaban J connectivity index is 1.81. The van der Waals surface area contributed by atoms with Gasteiger partial charge in [-0.1, -0.05) is 38.1 Å². The van der Waals surface area contributed by atoms with Crippen molar-refractivity contribution >= 4 is 0 Å². The van der Waals surface area contributed by atoms with E-state index in [-0.39, 0.29) is 0 Å². The summed E-state index contributed by atoms with van der Waals surface area (Å²) in [6.07, 6.45) is 3.04. The summed E-state index contributed by atoms with van der Waals surface area (Å²) >= 11 is 0. The molecule has 2 aromatic rings. The van der Waals surface area contributed by atoms with E-state index in [9.17, 15) is 0 Å². The maximum absolute atomic E-state index is 4.02. The molecule has 2 N–H and O–H groups in total. The lowest BCUT2D eigenvalue weighted by molar-refractivity contribution is 0.646. The lowest BCUT2D eigenvalue weighted by Crippen LogP contribution is -2.12. The van der Waals surface area contributed by atoms with Gasteiger partial charge in [-0.15, -0.1) is 0 Å². The minimum atomic E-state index is 0.716. The highest BCUT2D eigenvalue weighted by Crippen LogP contribution is 2.10. The average Bonchev–Trinajstić information content (AvgIpc) is 2.77. The zero-order valence-electron chi connectivity index (χ0n) is 12.0. The summed E-state index contributed by atoms with van der Waals surface area (Å²) < 4.78 is 0. The van der Waals surface area contributed by atoms with Crippen molar-refractivity contribution in [3.8, 4) is 0 Å². The van der Waals surface area contributed by atoms with Gasteiger partial charge in [-0.25, -0.2) is 0 Å². The van der Waals surface area contributed by atoms with Crippen LogP contribution in [0.4, 0.5) is 0 Å². The third kappa shape index (κ3) is 4.21. The summed E-state index contributed by atoms with van der Waals surface area (Å²) in [6, 6.07) is 8.90. The molecule has 1 aromatic carbocycles. The molecule has 0 amide bonds. The van der Waals surface area contributed by atoms with Crippen molar-refractivity contribution in [2.45, 2.75) is 40.3 Å². The second-order valence-corrected chi connectivity index (χ2v) is 5.54. The Labute approximate surface area is 115 Å². The van der Waals surface area contributed by atoms with Gasteiger partial charge in [-0.3, -0.25) is 5.10 Å². The molecule has 0 unspecified atom stereocenters. The molecule has 0 radical (unpaired) electrons. The SMILES string of the molecule is Cc1[nH]ncc1CNCc1ccc(CC(C)C)cc1. The van der Waals surface area contributed by atoms with Gasteiger partial charge in [0.2, 0.25) is 0 Å². The molecule has 0 aliphatic carbocycles. The van der Waals surface area contributed by atoms with Crippen LogP contribution < -0.4 is 5.32 Å². The molecule has 0 saturated heterocycles. The Morgan fingerprint density at radius 2 is 1.79 bits per heavy atom. The van der Waals surface area contributed by atoms with E-state index in [1.54, 1.807) is 0 Å². The summed E-state index contributed by atoms with van der Waals surface area (Å²) in [5.41, 5.74) is 5.12. The van der Waals surface area contributed by atoms with Crippen molar-refractivity contribution in [3.05, 3.63) is 52.8 Å². The van der Waals surface area contributed by atoms with Crippen LogP contribution in [0.1, 0.15) is 36.2 Å². The standard InChI is InChI=1S/C16H23N3/c1-12(2)8-14-4-6-15(7-5-14)9-17-10-16-11-18-19-13(16)3/h4-7,11-12,17H,8-10H2,1-3H3,(H,18,19). The molecule has 102 valence electrons. The van der Waals surface area contributed by atoms with Gasteiger partial charge in [-0.2, -0.15) is 5.10 Å². The molecule has 0 fully saturated rings. The number of rotatable bonds is 6. The highest BCUT2D eigenvalue weighted by Gasteiger charge is 2.01. The van der Waals surface area contributed by atoms with Crippen molar-refractivity contribution in [1.29, 1.82) is 0 Å². The predicted molar refractivity (Wildman–Crippen MR) is 78.9 cm³/mol. The molecule has 3 heteroatoms. The smallest absolute Gasteiger partial charge is 0.0535 e. The summed E-state index contributed by atoms with van der Waals surface area (Å²) in [4.78, 5) is 0. The van der Waals surface area contributed by atoms with Crippen LogP contribution in [0, 0.1) is 12.8 Å². The molecular weight excluding hydrogens is 234 g/mol. The lowest BCUT2D eigenvalue weighted by Gasteiger charge is -2.07. The van der Waals surface area contributed by atoms with Gasteiger partial charge < -0.3 is 5.32 Å². The Morgan fingerprint density at radius 1 is 1.11 bits per heavy atom. The van der Waals surface area contributed by atoms with Gasteiger partial charge >= 0.3 is 0 Å². The van der Waals surface area contributed by atoms with Crippen molar-refractivity contribution < 1.29 is 0 Å². The monoisotopic (exact) mass is 257 g/mol. The number of aryl methyl sites for hydroxylation is 1. The summed E-state index contributed by atoms with van der Waals surface area (Å²) in [6.45, 7) is 8.30. The Kier molecular flexibility index (Phi) is 4.74. The first-order valence-electron chi connectivity index (χ1n) is 6.92. The molecule has 0 aliphatic heterocycles. The molecule has 1 heterocycles. The minimum Gasteiger partial charge on any atom is -0.308 e. The van der Waals surface area contributed by atoms with Crippen molar-refractivity contribution in [3.63, 3.8) is 0 Å². The first-order valence-corrected chi connectivity index (χ1v) is 6.92. The second kappa shape index (κ2) is 6.53. The number of H-pyrrole nitrogens is 1. The molecule has 0 bridgehead atoms. The fourth-order valence-electron chi connectivity index (χ4n) is 2.16. The average molecular weight is 257 g/mol. The first kappa shape index (κ1) is 13.8. The van der Waals surface area contributed by atoms with Crippen LogP contribution in [0.2, 0.25) is 0 Å². The van der Waals surface area contributed by atoms with E-state index in [1.807, 2.05) is 13.1 Å². The molecule has 0 atom stereocenters. The van der Waals surface area contributed by atoms with Gasteiger partial charge in [-0.05, 0) is 30.4 Å². The zero-order valence-corrected chi connectivity index (χ0v) is 12.0. The van der Waals surface area contributed by atoms with E-state index in [1.165, 1.54) is 16.7 Å². The summed E-state index contributed by atoms with van der Waals surface area (Å²) in [5, 5.41) is 10.4. The fraction of sp³-hybridized carbons (Fsp3) is 0.438. The van der Waals surface area contributed by atoms with Crippen LogP contribution in [0.15, 0.2) is 30.5 Å². The van der Waals surface area contributed by atoms with Crippen molar-refractivity contribution in [1.82, 2.24) is 15.5 Å². The van der Waals surface area contributed by atoms with Gasteiger partial charge in [0.25, 0.3) is 0 Å². The van der Waals surface area contributed by atoms with E-state index in [4.69, 9.17) is 0 Å². The maximum Gasteiger partial charge on any atom is 0.0535 e. The van der Waals surface area contributed by atoms with Gasteiger partial charge in [0.1, 0.15) is 0 Å². The normalized spacial score (nSPS) is 11.2. The number of nitrogens with one attached hydrogen (secondary N) is 2. The third-order valence-electron chi connectivity index (χ3n) is 3.25. The van der Waals surface area contributed by atoms with E-state index in [0.717, 1.165) is 25.2 Å². The fourth-order valence-corrected chi connectivity index (χ4v) is 2.16. The highest BCUT2D eigenvalue weighted by molar-refractivity contribution is 5.23. The largest absolute Gasteiger partial charge is 0.308 e. The predicted octanol–water partition coefficient (Wildman–Crippen LogP) is 3.21. The van der Waals surface area contributed by atoms with Crippen molar-refractivity contribution in [2.24, 2.45) is 5.92 Å². The third-order valence-corrected chi connectivity index (χ3v) is 3.25. The molecule has 0 spiro atoms. The molecule has 3 nitrogen and oxygen atoms in total. The second-order valence-electron chi connectivity index (χ2n) is 5.54. The number of benzene rings is 1. The first-order chi connectivity index (χ1) is 9.15. The number of hydrogen-bond donors (Lipinski definition) is 2. The minimum absolute atomic E-state index is 0.716. The molecular formula is C16H23N3. The molecule has 1 aromatic heterocycles. The molecule has 2 rings (SSSR count). The van der Waals surface area contributed by atoms with Crippen molar-refractivity contribution in [2.75, 3.05) is 0 Å². The summed E-state index contributed by atoms with van der Waals surface area (Å²) in [5.74, 6) is 0.716. The molecule has 0 saturated carbocycles. The topological polar surface area (TPSA) is 40.7 Å². The molecule has 19 heavy (non-hydrogen) atoms. The van der Waals surface area contributed by atoms with Crippen LogP contribution >= 0.6 is 0 Å². The Bertz CT molecular complexity index is 497. The number of aromatic amines is 1. The van der Waals surface area contributed by atoms with Gasteiger partial charge in [0.05, 0.1) is 6.20 Å². The van der Waals surface area contributed by atoms with Gasteiger partial charge in [0, 0.05) is 24.3 Å². The number of hydrogen-bond acceptors (Lipinski definition) is 2. The van der Waals surface area contributed by atoms with Crippen LogP contribution in [0.25, 0.3) is 0 Å². The maximum atomic E-state index is 4.02. The zero-order chi connectivity index (χ0) is 13.7. The Morgan fingerprint density at radius 3 is 2.37 bits per heavy atom.